The maximum Gasteiger partial charge on any atom is 0.264 e. The number of rotatable bonds is 7. The molecular weight excluding hydrogens is 527 g/mol. The molecule has 1 N–H and O–H groups in total. The van der Waals surface area contributed by atoms with Gasteiger partial charge in [0.25, 0.3) is 12.0 Å². The molecule has 4 heterocycles. The molecule has 1 amide bonds. The van der Waals surface area contributed by atoms with Gasteiger partial charge in [-0.3, -0.25) is 18.8 Å². The molecule has 14 heteroatoms. The molecule has 5 rings (SSSR count). The highest BCUT2D eigenvalue weighted by Crippen LogP contribution is 2.27. The quantitative estimate of drug-likeness (QED) is 0.379. The summed E-state index contributed by atoms with van der Waals surface area (Å²) in [7, 11) is 0. The number of likely N-dealkylation sites (tertiary alicyclic amines) is 1. The summed E-state index contributed by atoms with van der Waals surface area (Å²) in [5, 5.41) is 19.6. The molecule has 0 saturated carbocycles. The van der Waals surface area contributed by atoms with E-state index < -0.39 is 36.3 Å². The lowest BCUT2D eigenvalue weighted by molar-refractivity contribution is -0.138. The third-order valence-electron chi connectivity index (χ3n) is 6.73. The van der Waals surface area contributed by atoms with E-state index in [4.69, 9.17) is 11.6 Å². The largest absolute Gasteiger partial charge is 0.388 e. The van der Waals surface area contributed by atoms with Crippen LogP contribution >= 0.6 is 11.6 Å². The third-order valence-corrected chi connectivity index (χ3v) is 6.98. The van der Waals surface area contributed by atoms with Crippen molar-refractivity contribution in [1.82, 2.24) is 34.0 Å². The summed E-state index contributed by atoms with van der Waals surface area (Å²) in [5.74, 6) is -1.46. The highest BCUT2D eigenvalue weighted by molar-refractivity contribution is 6.30. The molecular formula is C24H23ClF3N7O3. The van der Waals surface area contributed by atoms with E-state index in [9.17, 15) is 27.9 Å². The number of carbonyl (C=O) groups is 1. The van der Waals surface area contributed by atoms with Crippen molar-refractivity contribution in [3.63, 3.8) is 0 Å². The average molecular weight is 550 g/mol. The topological polar surface area (TPSA) is 111 Å². The fourth-order valence-electron chi connectivity index (χ4n) is 4.59. The Kier molecular flexibility index (Phi) is 6.97. The summed E-state index contributed by atoms with van der Waals surface area (Å²) in [5.41, 5.74) is -0.661. The van der Waals surface area contributed by atoms with E-state index in [0.717, 1.165) is 16.9 Å². The first kappa shape index (κ1) is 25.9. The summed E-state index contributed by atoms with van der Waals surface area (Å²) in [4.78, 5) is 31.5. The lowest BCUT2D eigenvalue weighted by atomic mass is 9.91. The van der Waals surface area contributed by atoms with Gasteiger partial charge in [0.2, 0.25) is 11.9 Å². The predicted molar refractivity (Wildman–Crippen MR) is 131 cm³/mol. The number of nitrogens with zero attached hydrogens (tertiary/aromatic N) is 7. The van der Waals surface area contributed by atoms with Crippen molar-refractivity contribution in [3.05, 3.63) is 70.4 Å². The highest BCUT2D eigenvalue weighted by atomic mass is 35.5. The second-order valence-electron chi connectivity index (χ2n) is 9.28. The van der Waals surface area contributed by atoms with Crippen LogP contribution in [0.25, 0.3) is 16.7 Å². The summed E-state index contributed by atoms with van der Waals surface area (Å²) in [6.07, 6.45) is 0.589. The Labute approximate surface area is 218 Å². The van der Waals surface area contributed by atoms with Crippen LogP contribution in [0.4, 0.5) is 13.2 Å². The van der Waals surface area contributed by atoms with Crippen molar-refractivity contribution >= 4 is 28.5 Å². The molecule has 10 nitrogen and oxygen atoms in total. The lowest BCUT2D eigenvalue weighted by Gasteiger charge is -2.38. The summed E-state index contributed by atoms with van der Waals surface area (Å²) in [6, 6.07) is 6.23. The summed E-state index contributed by atoms with van der Waals surface area (Å²) in [6.45, 7) is 0.157. The molecule has 1 atom stereocenters. The van der Waals surface area contributed by atoms with E-state index in [-0.39, 0.29) is 43.4 Å². The highest BCUT2D eigenvalue weighted by Gasteiger charge is 2.36. The van der Waals surface area contributed by atoms with Crippen LogP contribution in [-0.2, 0) is 11.3 Å². The Morgan fingerprint density at radius 3 is 2.50 bits per heavy atom. The fourth-order valence-corrected chi connectivity index (χ4v) is 4.71. The van der Waals surface area contributed by atoms with Gasteiger partial charge in [0.15, 0.2) is 5.65 Å². The second kappa shape index (κ2) is 10.2. The third kappa shape index (κ3) is 5.16. The first-order valence-corrected chi connectivity index (χ1v) is 12.2. The number of aliphatic hydroxyl groups is 1. The van der Waals surface area contributed by atoms with E-state index in [1.54, 1.807) is 24.3 Å². The van der Waals surface area contributed by atoms with E-state index >= 15 is 0 Å². The van der Waals surface area contributed by atoms with E-state index in [2.05, 4.69) is 15.2 Å². The maximum atomic E-state index is 13.5. The predicted octanol–water partition coefficient (Wildman–Crippen LogP) is 2.82. The van der Waals surface area contributed by atoms with Crippen molar-refractivity contribution in [2.45, 2.75) is 43.9 Å². The standard InChI is InChI=1S/C24H23ClF3N7O3/c25-15-1-3-16(4-2-15)35-22-17(12-30-35)23(37)33(14-29-22)13-24(38)6-9-32(10-7-24)20(36)11-18(21(27)28)34-8-5-19(26)31-34/h1-5,8,12,14,18,21,38H,6-7,9-11,13H2. The van der Waals surface area contributed by atoms with Crippen LogP contribution in [0, 0.1) is 5.95 Å². The molecule has 1 aromatic carbocycles. The van der Waals surface area contributed by atoms with Crippen LogP contribution in [0.5, 0.6) is 0 Å². The molecule has 3 aromatic heterocycles. The molecule has 1 saturated heterocycles. The van der Waals surface area contributed by atoms with Gasteiger partial charge >= 0.3 is 0 Å². The van der Waals surface area contributed by atoms with Gasteiger partial charge in [-0.2, -0.15) is 9.49 Å². The molecule has 0 radical (unpaired) electrons. The van der Waals surface area contributed by atoms with Crippen LogP contribution in [-0.4, -0.2) is 70.1 Å². The van der Waals surface area contributed by atoms with Crippen LogP contribution < -0.4 is 5.56 Å². The maximum absolute atomic E-state index is 13.5. The smallest absolute Gasteiger partial charge is 0.264 e. The van der Waals surface area contributed by atoms with Gasteiger partial charge in [-0.05, 0) is 37.1 Å². The molecule has 200 valence electrons. The minimum Gasteiger partial charge on any atom is -0.388 e. The Balaban J connectivity index is 1.25. The number of hydrogen-bond donors (Lipinski definition) is 1. The minimum atomic E-state index is -2.92. The van der Waals surface area contributed by atoms with E-state index in [0.29, 0.717) is 16.4 Å². The van der Waals surface area contributed by atoms with Crippen LogP contribution in [0.1, 0.15) is 25.3 Å². The molecule has 1 aliphatic rings. The van der Waals surface area contributed by atoms with Gasteiger partial charge in [-0.15, -0.1) is 5.10 Å². The second-order valence-corrected chi connectivity index (χ2v) is 9.71. The number of hydrogen-bond acceptors (Lipinski definition) is 6. The van der Waals surface area contributed by atoms with Crippen molar-refractivity contribution in [3.8, 4) is 5.69 Å². The molecule has 0 aliphatic carbocycles. The Bertz CT molecular complexity index is 1510. The van der Waals surface area contributed by atoms with Gasteiger partial charge in [0.05, 0.1) is 30.5 Å². The Morgan fingerprint density at radius 1 is 1.16 bits per heavy atom. The van der Waals surface area contributed by atoms with Crippen molar-refractivity contribution in [2.75, 3.05) is 13.1 Å². The average Bonchev–Trinajstić information content (AvgIpc) is 3.51. The van der Waals surface area contributed by atoms with Gasteiger partial charge in [0.1, 0.15) is 17.8 Å². The number of fused-ring (bicyclic) bond motifs is 1. The van der Waals surface area contributed by atoms with Crippen LogP contribution in [0.3, 0.4) is 0 Å². The lowest BCUT2D eigenvalue weighted by Crippen LogP contribution is -2.50. The molecule has 1 fully saturated rings. The van der Waals surface area contributed by atoms with Crippen LogP contribution in [0.2, 0.25) is 5.02 Å². The van der Waals surface area contributed by atoms with Gasteiger partial charge in [-0.25, -0.2) is 18.4 Å². The normalized spacial score (nSPS) is 16.3. The number of benzene rings is 1. The monoisotopic (exact) mass is 549 g/mol. The number of aromatic nitrogens is 6. The van der Waals surface area contributed by atoms with Gasteiger partial charge in [0, 0.05) is 30.4 Å². The molecule has 4 aromatic rings. The van der Waals surface area contributed by atoms with Crippen molar-refractivity contribution < 1.29 is 23.1 Å². The Morgan fingerprint density at radius 2 is 1.87 bits per heavy atom. The first-order chi connectivity index (χ1) is 18.1. The molecule has 1 aliphatic heterocycles. The van der Waals surface area contributed by atoms with Gasteiger partial charge in [-0.1, -0.05) is 11.6 Å². The molecule has 0 bridgehead atoms. The summed E-state index contributed by atoms with van der Waals surface area (Å²) >= 11 is 5.94. The van der Waals surface area contributed by atoms with Crippen molar-refractivity contribution in [2.24, 2.45) is 0 Å². The molecule has 1 unspecified atom stereocenters. The Hall–Kier alpha value is -3.71. The van der Waals surface area contributed by atoms with Crippen LogP contribution in [0.15, 0.2) is 53.8 Å². The zero-order valence-corrected chi connectivity index (χ0v) is 20.7. The number of amides is 1. The zero-order valence-electron chi connectivity index (χ0n) is 19.9. The number of piperidine rings is 1. The fraction of sp³-hybridized carbons (Fsp3) is 0.375. The SMILES string of the molecule is O=C(CC(C(F)F)n1ccc(F)n1)N1CCC(O)(Cn2cnc3c(cnn3-c3ccc(Cl)cc3)c2=O)CC1. The van der Waals surface area contributed by atoms with E-state index in [1.807, 2.05) is 0 Å². The van der Waals surface area contributed by atoms with Crippen molar-refractivity contribution in [1.29, 1.82) is 0 Å². The zero-order chi connectivity index (χ0) is 27.0. The molecule has 38 heavy (non-hydrogen) atoms. The first-order valence-electron chi connectivity index (χ1n) is 11.8. The number of carbonyl (C=O) groups excluding carboxylic acids is 1. The number of halogens is 4. The summed E-state index contributed by atoms with van der Waals surface area (Å²) < 4.78 is 43.8. The van der Waals surface area contributed by atoms with E-state index in [1.165, 1.54) is 26.7 Å². The van der Waals surface area contributed by atoms with Gasteiger partial charge < -0.3 is 10.0 Å². The molecule has 0 spiro atoms. The number of alkyl halides is 2. The minimum absolute atomic E-state index is 0.0604.